The number of nitrogens with one attached hydrogen (secondary N) is 1. The fourth-order valence-corrected chi connectivity index (χ4v) is 4.51. The van der Waals surface area contributed by atoms with Crippen LogP contribution in [-0.2, 0) is 27.2 Å². The molecule has 1 fully saturated rings. The summed E-state index contributed by atoms with van der Waals surface area (Å²) in [5.41, 5.74) is 0.776. The molecule has 0 aliphatic carbocycles. The maximum Gasteiger partial charge on any atom is 0.268 e. The summed E-state index contributed by atoms with van der Waals surface area (Å²) in [6.07, 6.45) is 0.939. The number of nitrogens with zero attached hydrogens (tertiary/aromatic N) is 2. The summed E-state index contributed by atoms with van der Waals surface area (Å²) < 4.78 is 13.4. The van der Waals surface area contributed by atoms with Gasteiger partial charge in [0, 0.05) is 49.4 Å². The Kier molecular flexibility index (Phi) is 5.92. The van der Waals surface area contributed by atoms with Crippen molar-refractivity contribution in [3.8, 4) is 0 Å². The second-order valence-corrected chi connectivity index (χ2v) is 8.52. The average molecular weight is 460 g/mol. The molecule has 1 saturated heterocycles. The van der Waals surface area contributed by atoms with Crippen molar-refractivity contribution in [3.63, 3.8) is 0 Å². The number of carbonyl (C=O) groups is 3. The molecule has 0 saturated carbocycles. The van der Waals surface area contributed by atoms with Gasteiger partial charge in [0.2, 0.25) is 11.5 Å². The van der Waals surface area contributed by atoms with Gasteiger partial charge in [-0.15, -0.1) is 0 Å². The van der Waals surface area contributed by atoms with Gasteiger partial charge in [-0.3, -0.25) is 14.4 Å². The molecule has 32 heavy (non-hydrogen) atoms. The van der Waals surface area contributed by atoms with Gasteiger partial charge in [-0.2, -0.15) is 0 Å². The molecule has 7 nitrogen and oxygen atoms in total. The topological polar surface area (TPSA) is 89.9 Å². The fourth-order valence-electron chi connectivity index (χ4n) is 4.27. The first-order chi connectivity index (χ1) is 15.2. The number of benzene rings is 2. The first-order valence-corrected chi connectivity index (χ1v) is 10.8. The summed E-state index contributed by atoms with van der Waals surface area (Å²) in [4.78, 5) is 40.4. The molecule has 168 valence electrons. The lowest BCUT2D eigenvalue weighted by molar-refractivity contribution is -0.149. The molecule has 0 aromatic heterocycles. The van der Waals surface area contributed by atoms with Gasteiger partial charge < -0.3 is 20.2 Å². The third-order valence-corrected chi connectivity index (χ3v) is 6.16. The van der Waals surface area contributed by atoms with Crippen LogP contribution in [0.5, 0.6) is 0 Å². The van der Waals surface area contributed by atoms with Crippen LogP contribution in [0.3, 0.4) is 0 Å². The van der Waals surface area contributed by atoms with E-state index in [1.54, 1.807) is 23.1 Å². The Hall–Kier alpha value is -2.97. The molecule has 0 bridgehead atoms. The van der Waals surface area contributed by atoms with Crippen molar-refractivity contribution >= 4 is 40.7 Å². The van der Waals surface area contributed by atoms with Gasteiger partial charge >= 0.3 is 0 Å². The molecule has 2 heterocycles. The average Bonchev–Trinajstić information content (AvgIpc) is 3.29. The first kappa shape index (κ1) is 22.2. The summed E-state index contributed by atoms with van der Waals surface area (Å²) >= 11 is 5.83. The molecule has 2 aliphatic heterocycles. The number of fused-ring (bicyclic) bond motifs is 1. The van der Waals surface area contributed by atoms with Gasteiger partial charge in [-0.1, -0.05) is 11.6 Å². The highest BCUT2D eigenvalue weighted by atomic mass is 35.5. The Bertz CT molecular complexity index is 1090. The van der Waals surface area contributed by atoms with Crippen molar-refractivity contribution in [1.29, 1.82) is 0 Å². The standard InChI is InChI=1S/C23H23ClFN3O4/c1-14(29)27-8-5-16-12-19(2-3-20(16)27)28-9-6-23(32,22(28)31)21(30)26-7-4-15-10-17(24)13-18(25)11-15/h2-3,10-13,32H,4-9H2,1H3,(H,26,30). The van der Waals surface area contributed by atoms with Crippen molar-refractivity contribution in [2.75, 3.05) is 29.4 Å². The second kappa shape index (κ2) is 8.52. The number of aliphatic hydroxyl groups is 1. The molecule has 2 N–H and O–H groups in total. The Morgan fingerprint density at radius 2 is 2.00 bits per heavy atom. The van der Waals surface area contributed by atoms with Crippen LogP contribution in [0.1, 0.15) is 24.5 Å². The van der Waals surface area contributed by atoms with Gasteiger partial charge in [0.25, 0.3) is 11.8 Å². The maximum absolute atomic E-state index is 13.4. The summed E-state index contributed by atoms with van der Waals surface area (Å²) in [6.45, 7) is 2.41. The number of hydrogen-bond donors (Lipinski definition) is 2. The van der Waals surface area contributed by atoms with Gasteiger partial charge in [-0.25, -0.2) is 4.39 Å². The van der Waals surface area contributed by atoms with E-state index in [2.05, 4.69) is 5.32 Å². The van der Waals surface area contributed by atoms with Crippen molar-refractivity contribution in [2.24, 2.45) is 0 Å². The molecule has 2 aliphatic rings. The minimum absolute atomic E-state index is 0.0414. The molecule has 2 aromatic carbocycles. The predicted molar refractivity (Wildman–Crippen MR) is 118 cm³/mol. The molecular weight excluding hydrogens is 437 g/mol. The third-order valence-electron chi connectivity index (χ3n) is 5.94. The zero-order valence-corrected chi connectivity index (χ0v) is 18.3. The first-order valence-electron chi connectivity index (χ1n) is 10.4. The lowest BCUT2D eigenvalue weighted by Crippen LogP contribution is -2.52. The van der Waals surface area contributed by atoms with E-state index in [0.29, 0.717) is 30.6 Å². The molecule has 9 heteroatoms. The summed E-state index contributed by atoms with van der Waals surface area (Å²) in [5, 5.41) is 13.6. The number of carbonyl (C=O) groups excluding carboxylic acids is 3. The second-order valence-electron chi connectivity index (χ2n) is 8.08. The highest BCUT2D eigenvalue weighted by Crippen LogP contribution is 2.35. The van der Waals surface area contributed by atoms with Crippen LogP contribution >= 0.6 is 11.6 Å². The van der Waals surface area contributed by atoms with Crippen molar-refractivity contribution in [1.82, 2.24) is 5.32 Å². The largest absolute Gasteiger partial charge is 0.372 e. The molecule has 0 spiro atoms. The Labute approximate surface area is 189 Å². The van der Waals surface area contributed by atoms with E-state index in [9.17, 15) is 23.9 Å². The molecule has 3 amide bonds. The van der Waals surface area contributed by atoms with Gasteiger partial charge in [-0.05, 0) is 60.4 Å². The van der Waals surface area contributed by atoms with E-state index in [4.69, 9.17) is 11.6 Å². The molecule has 1 unspecified atom stereocenters. The Balaban J connectivity index is 1.41. The quantitative estimate of drug-likeness (QED) is 0.671. The van der Waals surface area contributed by atoms with Gasteiger partial charge in [0.15, 0.2) is 0 Å². The van der Waals surface area contributed by atoms with Crippen molar-refractivity contribution in [3.05, 3.63) is 58.4 Å². The van der Waals surface area contributed by atoms with E-state index in [-0.39, 0.29) is 30.4 Å². The van der Waals surface area contributed by atoms with E-state index in [0.717, 1.165) is 11.3 Å². The van der Waals surface area contributed by atoms with Crippen LogP contribution in [0.4, 0.5) is 15.8 Å². The highest BCUT2D eigenvalue weighted by molar-refractivity contribution is 6.30. The molecular formula is C23H23ClFN3O4. The maximum atomic E-state index is 13.4. The number of rotatable bonds is 5. The minimum atomic E-state index is -2.16. The van der Waals surface area contributed by atoms with E-state index in [1.165, 1.54) is 24.0 Å². The van der Waals surface area contributed by atoms with Crippen LogP contribution in [0.25, 0.3) is 0 Å². The zero-order valence-electron chi connectivity index (χ0n) is 17.5. The normalized spacial score (nSPS) is 19.9. The molecule has 1 atom stereocenters. The number of halogens is 2. The van der Waals surface area contributed by atoms with Crippen LogP contribution < -0.4 is 15.1 Å². The zero-order chi connectivity index (χ0) is 23.0. The molecule has 2 aromatic rings. The van der Waals surface area contributed by atoms with Crippen LogP contribution in [0, 0.1) is 5.82 Å². The monoisotopic (exact) mass is 459 g/mol. The molecule has 0 radical (unpaired) electrons. The summed E-state index contributed by atoms with van der Waals surface area (Å²) in [5.74, 6) is -1.98. The predicted octanol–water partition coefficient (Wildman–Crippen LogP) is 2.21. The minimum Gasteiger partial charge on any atom is -0.372 e. The van der Waals surface area contributed by atoms with Crippen LogP contribution in [0.15, 0.2) is 36.4 Å². The SMILES string of the molecule is CC(=O)N1CCc2cc(N3CCC(O)(C(=O)NCCc4cc(F)cc(Cl)c4)C3=O)ccc21. The van der Waals surface area contributed by atoms with E-state index >= 15 is 0 Å². The number of amides is 3. The van der Waals surface area contributed by atoms with Crippen LogP contribution in [0.2, 0.25) is 5.02 Å². The number of anilines is 2. The Morgan fingerprint density at radius 1 is 1.22 bits per heavy atom. The summed E-state index contributed by atoms with van der Waals surface area (Å²) in [7, 11) is 0. The lowest BCUT2D eigenvalue weighted by Gasteiger charge is -2.22. The van der Waals surface area contributed by atoms with Crippen molar-refractivity contribution < 1.29 is 23.9 Å². The third kappa shape index (κ3) is 4.08. The highest BCUT2D eigenvalue weighted by Gasteiger charge is 2.51. The van der Waals surface area contributed by atoms with Gasteiger partial charge in [0.1, 0.15) is 5.82 Å². The Morgan fingerprint density at radius 3 is 2.72 bits per heavy atom. The fraction of sp³-hybridized carbons (Fsp3) is 0.348. The van der Waals surface area contributed by atoms with Gasteiger partial charge in [0.05, 0.1) is 0 Å². The molecule has 4 rings (SSSR count). The van der Waals surface area contributed by atoms with E-state index in [1.807, 2.05) is 6.07 Å². The van der Waals surface area contributed by atoms with Crippen molar-refractivity contribution in [2.45, 2.75) is 31.8 Å². The summed E-state index contributed by atoms with van der Waals surface area (Å²) in [6, 6.07) is 9.43. The lowest BCUT2D eigenvalue weighted by atomic mass is 10.0. The smallest absolute Gasteiger partial charge is 0.268 e. The van der Waals surface area contributed by atoms with Crippen LogP contribution in [-0.4, -0.2) is 48.1 Å². The number of hydrogen-bond acceptors (Lipinski definition) is 4. The van der Waals surface area contributed by atoms with E-state index < -0.39 is 23.2 Å².